The molecule has 0 saturated heterocycles. The largest absolute Gasteiger partial charge is 0.481 e. The van der Waals surface area contributed by atoms with E-state index in [0.717, 1.165) is 6.92 Å². The number of carbonyl (C=O) groups is 4. The zero-order valence-electron chi connectivity index (χ0n) is 10.5. The average molecular weight is 290 g/mol. The Hall–Kier alpha value is -2.65. The van der Waals surface area contributed by atoms with Gasteiger partial charge in [0, 0.05) is 13.3 Å². The summed E-state index contributed by atoms with van der Waals surface area (Å²) in [6, 6.07) is -1.38. The molecule has 0 aromatic rings. The maximum absolute atomic E-state index is 10.7. The summed E-state index contributed by atoms with van der Waals surface area (Å²) in [5, 5.41) is 31.1. The molecule has 112 valence electrons. The van der Waals surface area contributed by atoms with Crippen LogP contribution in [0.15, 0.2) is 5.16 Å². The minimum atomic E-state index is -1.47. The summed E-state index contributed by atoms with van der Waals surface area (Å²) in [5.74, 6) is -4.66. The van der Waals surface area contributed by atoms with Crippen molar-refractivity contribution >= 4 is 29.5 Å². The van der Waals surface area contributed by atoms with E-state index < -0.39 is 48.6 Å². The van der Waals surface area contributed by atoms with E-state index in [2.05, 4.69) is 15.3 Å². The van der Waals surface area contributed by atoms with Gasteiger partial charge < -0.3 is 25.5 Å². The molecule has 10 heteroatoms. The number of amides is 1. The van der Waals surface area contributed by atoms with Crippen molar-refractivity contribution in [2.45, 2.75) is 25.8 Å². The van der Waals surface area contributed by atoms with E-state index in [-0.39, 0.29) is 6.42 Å². The van der Waals surface area contributed by atoms with Gasteiger partial charge in [-0.1, -0.05) is 5.16 Å². The fourth-order valence-corrected chi connectivity index (χ4v) is 1.03. The zero-order valence-corrected chi connectivity index (χ0v) is 10.5. The molecule has 1 atom stereocenters. The van der Waals surface area contributed by atoms with Gasteiger partial charge >= 0.3 is 17.9 Å². The molecular weight excluding hydrogens is 276 g/mol. The maximum atomic E-state index is 10.7. The SMILES string of the molecule is CC(=O)N[C@@H](CO/N=C(\CCC(=O)O)C(=O)O)C(=O)O. The molecular formula is C10H14N2O8. The molecule has 0 heterocycles. The standard InChI is InChI=1S/C10H14N2O8/c1-5(13)11-7(10(18)19)4-20-12-6(9(16)17)2-3-8(14)15/h7H,2-4H2,1H3,(H,11,13)(H,14,15)(H,16,17)(H,18,19)/b12-6+/t7-/m0/s1. The number of carboxylic acids is 3. The van der Waals surface area contributed by atoms with Crippen LogP contribution in [0.3, 0.4) is 0 Å². The molecule has 0 aliphatic carbocycles. The van der Waals surface area contributed by atoms with Crippen molar-refractivity contribution in [1.29, 1.82) is 0 Å². The first-order valence-electron chi connectivity index (χ1n) is 5.37. The van der Waals surface area contributed by atoms with Crippen LogP contribution in [0.5, 0.6) is 0 Å². The van der Waals surface area contributed by atoms with E-state index in [1.54, 1.807) is 0 Å². The van der Waals surface area contributed by atoms with Crippen LogP contribution in [0.2, 0.25) is 0 Å². The van der Waals surface area contributed by atoms with E-state index in [9.17, 15) is 19.2 Å². The molecule has 10 nitrogen and oxygen atoms in total. The van der Waals surface area contributed by atoms with Gasteiger partial charge in [0.2, 0.25) is 5.91 Å². The minimum absolute atomic E-state index is 0.372. The molecule has 1 amide bonds. The summed E-state index contributed by atoms with van der Waals surface area (Å²) in [6.07, 6.45) is -0.828. The van der Waals surface area contributed by atoms with Gasteiger partial charge in [-0.25, -0.2) is 9.59 Å². The lowest BCUT2D eigenvalue weighted by Gasteiger charge is -2.11. The highest BCUT2D eigenvalue weighted by Gasteiger charge is 2.20. The lowest BCUT2D eigenvalue weighted by molar-refractivity contribution is -0.143. The van der Waals surface area contributed by atoms with Crippen molar-refractivity contribution in [3.05, 3.63) is 0 Å². The Balaban J connectivity index is 4.53. The second kappa shape index (κ2) is 8.45. The van der Waals surface area contributed by atoms with Crippen molar-refractivity contribution in [1.82, 2.24) is 5.32 Å². The average Bonchev–Trinajstić information content (AvgIpc) is 2.30. The molecule has 0 saturated carbocycles. The minimum Gasteiger partial charge on any atom is -0.481 e. The number of carbonyl (C=O) groups excluding carboxylic acids is 1. The quantitative estimate of drug-likeness (QED) is 0.307. The van der Waals surface area contributed by atoms with E-state index >= 15 is 0 Å². The highest BCUT2D eigenvalue weighted by molar-refractivity contribution is 6.35. The Bertz CT molecular complexity index is 431. The molecule has 0 fully saturated rings. The number of nitrogens with zero attached hydrogens (tertiary/aromatic N) is 1. The fraction of sp³-hybridized carbons (Fsp3) is 0.500. The van der Waals surface area contributed by atoms with Gasteiger partial charge in [0.15, 0.2) is 11.8 Å². The Labute approximate surface area is 113 Å². The third-order valence-corrected chi connectivity index (χ3v) is 1.91. The Morgan fingerprint density at radius 1 is 1.15 bits per heavy atom. The predicted octanol–water partition coefficient (Wildman–Crippen LogP) is -1.10. The number of hydrogen-bond donors (Lipinski definition) is 4. The molecule has 0 unspecified atom stereocenters. The molecule has 0 radical (unpaired) electrons. The fourth-order valence-electron chi connectivity index (χ4n) is 1.03. The zero-order chi connectivity index (χ0) is 15.7. The monoisotopic (exact) mass is 290 g/mol. The topological polar surface area (TPSA) is 163 Å². The Morgan fingerprint density at radius 3 is 2.15 bits per heavy atom. The second-order valence-corrected chi connectivity index (χ2v) is 3.62. The number of nitrogens with one attached hydrogen (secondary N) is 1. The summed E-state index contributed by atoms with van der Waals surface area (Å²) in [4.78, 5) is 47.0. The molecule has 0 aliphatic heterocycles. The van der Waals surface area contributed by atoms with Crippen molar-refractivity contribution in [3.63, 3.8) is 0 Å². The third-order valence-electron chi connectivity index (χ3n) is 1.91. The van der Waals surface area contributed by atoms with Crippen LogP contribution in [0.4, 0.5) is 0 Å². The van der Waals surface area contributed by atoms with Crippen LogP contribution in [0.1, 0.15) is 19.8 Å². The first-order chi connectivity index (χ1) is 9.23. The molecule has 0 aliphatic rings. The number of hydrogen-bond acceptors (Lipinski definition) is 6. The number of carboxylic acid groups (broad SMARTS) is 3. The van der Waals surface area contributed by atoms with Crippen molar-refractivity contribution in [3.8, 4) is 0 Å². The molecule has 0 spiro atoms. The second-order valence-electron chi connectivity index (χ2n) is 3.62. The lowest BCUT2D eigenvalue weighted by Crippen LogP contribution is -2.42. The summed E-state index contributed by atoms with van der Waals surface area (Å²) in [6.45, 7) is 0.521. The molecule has 0 rings (SSSR count). The van der Waals surface area contributed by atoms with Crippen LogP contribution in [0.25, 0.3) is 0 Å². The molecule has 0 aromatic heterocycles. The molecule has 20 heavy (non-hydrogen) atoms. The van der Waals surface area contributed by atoms with Crippen LogP contribution < -0.4 is 5.32 Å². The smallest absolute Gasteiger partial charge is 0.353 e. The van der Waals surface area contributed by atoms with Crippen LogP contribution >= 0.6 is 0 Å². The molecule has 0 aromatic carbocycles. The van der Waals surface area contributed by atoms with E-state index in [0.29, 0.717) is 0 Å². The molecule has 0 bridgehead atoms. The third kappa shape index (κ3) is 7.63. The van der Waals surface area contributed by atoms with Gasteiger partial charge in [-0.3, -0.25) is 9.59 Å². The van der Waals surface area contributed by atoms with Gasteiger partial charge in [-0.2, -0.15) is 0 Å². The maximum Gasteiger partial charge on any atom is 0.353 e. The van der Waals surface area contributed by atoms with Crippen LogP contribution in [-0.4, -0.2) is 57.5 Å². The van der Waals surface area contributed by atoms with Gasteiger partial charge in [-0.15, -0.1) is 0 Å². The van der Waals surface area contributed by atoms with E-state index in [4.69, 9.17) is 15.3 Å². The number of rotatable bonds is 9. The summed E-state index contributed by atoms with van der Waals surface area (Å²) < 4.78 is 0. The highest BCUT2D eigenvalue weighted by atomic mass is 16.6. The normalized spacial score (nSPS) is 12.3. The van der Waals surface area contributed by atoms with Gasteiger partial charge in [-0.05, 0) is 0 Å². The van der Waals surface area contributed by atoms with Crippen molar-refractivity contribution in [2.24, 2.45) is 5.16 Å². The van der Waals surface area contributed by atoms with Gasteiger partial charge in [0.25, 0.3) is 0 Å². The summed E-state index contributed by atoms with van der Waals surface area (Å²) >= 11 is 0. The number of aliphatic carboxylic acids is 3. The molecule has 4 N–H and O–H groups in total. The lowest BCUT2D eigenvalue weighted by atomic mass is 10.2. The van der Waals surface area contributed by atoms with Crippen molar-refractivity contribution in [2.75, 3.05) is 6.61 Å². The van der Waals surface area contributed by atoms with Crippen LogP contribution in [0, 0.1) is 0 Å². The number of oxime groups is 1. The first-order valence-corrected chi connectivity index (χ1v) is 5.37. The van der Waals surface area contributed by atoms with Gasteiger partial charge in [0.1, 0.15) is 6.61 Å². The van der Waals surface area contributed by atoms with Crippen molar-refractivity contribution < 1.29 is 39.3 Å². The van der Waals surface area contributed by atoms with E-state index in [1.807, 2.05) is 0 Å². The highest BCUT2D eigenvalue weighted by Crippen LogP contribution is 1.97. The summed E-state index contributed by atoms with van der Waals surface area (Å²) in [5.41, 5.74) is -0.556. The Morgan fingerprint density at radius 2 is 1.75 bits per heavy atom. The first kappa shape index (κ1) is 17.4. The summed E-state index contributed by atoms with van der Waals surface area (Å²) in [7, 11) is 0. The van der Waals surface area contributed by atoms with E-state index in [1.165, 1.54) is 0 Å². The van der Waals surface area contributed by atoms with Crippen LogP contribution in [-0.2, 0) is 24.0 Å². The predicted molar refractivity (Wildman–Crippen MR) is 63.1 cm³/mol. The van der Waals surface area contributed by atoms with Gasteiger partial charge in [0.05, 0.1) is 6.42 Å². The Kier molecular flexibility index (Phi) is 7.33.